The number of thioether (sulfide) groups is 1. The van der Waals surface area contributed by atoms with Crippen LogP contribution in [-0.2, 0) is 5.75 Å². The van der Waals surface area contributed by atoms with Gasteiger partial charge in [0.05, 0.1) is 5.69 Å². The van der Waals surface area contributed by atoms with Crippen LogP contribution in [0.1, 0.15) is 5.69 Å². The largest absolute Gasteiger partial charge is 0.506 e. The van der Waals surface area contributed by atoms with Crippen molar-refractivity contribution >= 4 is 16.9 Å². The molecule has 5 heteroatoms. The molecule has 0 aromatic carbocycles. The second-order valence-corrected chi connectivity index (χ2v) is 3.14. The number of nitrogens with two attached hydrogens (primary N) is 1. The van der Waals surface area contributed by atoms with Gasteiger partial charge in [0.15, 0.2) is 5.17 Å². The number of hydrogen-bond acceptors (Lipinski definition) is 4. The molecule has 4 nitrogen and oxygen atoms in total. The molecule has 0 aliphatic carbocycles. The summed E-state index contributed by atoms with van der Waals surface area (Å²) >= 11 is 1.14. The molecule has 1 heterocycles. The number of nitrogens with zero attached hydrogens (tertiary/aromatic N) is 1. The van der Waals surface area contributed by atoms with Crippen LogP contribution in [0, 0.1) is 5.41 Å². The predicted octanol–water partition coefficient (Wildman–Crippen LogP) is 0.914. The van der Waals surface area contributed by atoms with Crippen molar-refractivity contribution in [2.24, 2.45) is 5.73 Å². The van der Waals surface area contributed by atoms with Crippen LogP contribution in [0.4, 0.5) is 0 Å². The highest BCUT2D eigenvalue weighted by Crippen LogP contribution is 2.18. The summed E-state index contributed by atoms with van der Waals surface area (Å²) in [6.45, 7) is 0. The van der Waals surface area contributed by atoms with E-state index in [1.165, 1.54) is 0 Å². The first-order valence-electron chi connectivity index (χ1n) is 3.30. The molecule has 0 saturated carbocycles. The van der Waals surface area contributed by atoms with Crippen LogP contribution in [0.2, 0.25) is 0 Å². The van der Waals surface area contributed by atoms with Gasteiger partial charge in [-0.3, -0.25) is 10.4 Å². The molecule has 0 unspecified atom stereocenters. The van der Waals surface area contributed by atoms with Crippen LogP contribution in [0.25, 0.3) is 0 Å². The fraction of sp³-hybridized carbons (Fsp3) is 0.143. The maximum Gasteiger partial charge on any atom is 0.151 e. The molecule has 0 saturated heterocycles. The van der Waals surface area contributed by atoms with E-state index in [1.54, 1.807) is 18.3 Å². The van der Waals surface area contributed by atoms with Crippen LogP contribution in [0.3, 0.4) is 0 Å². The number of pyridine rings is 1. The van der Waals surface area contributed by atoms with Gasteiger partial charge in [0, 0.05) is 11.9 Å². The topological polar surface area (TPSA) is 83.0 Å². The molecule has 0 amide bonds. The van der Waals surface area contributed by atoms with E-state index in [0.29, 0.717) is 11.4 Å². The normalized spacial score (nSPS) is 9.67. The Labute approximate surface area is 74.3 Å². The minimum absolute atomic E-state index is 0.0278. The molecule has 0 bridgehead atoms. The Morgan fingerprint density at radius 1 is 1.75 bits per heavy atom. The van der Waals surface area contributed by atoms with E-state index in [4.69, 9.17) is 11.1 Å². The Morgan fingerprint density at radius 3 is 3.08 bits per heavy atom. The van der Waals surface area contributed by atoms with Gasteiger partial charge in [0.1, 0.15) is 5.75 Å². The summed E-state index contributed by atoms with van der Waals surface area (Å²) in [6.07, 6.45) is 1.59. The molecular formula is C7H9N3OS. The van der Waals surface area contributed by atoms with Crippen LogP contribution in [-0.4, -0.2) is 15.3 Å². The van der Waals surface area contributed by atoms with Gasteiger partial charge in [-0.2, -0.15) is 0 Å². The van der Waals surface area contributed by atoms with Crippen molar-refractivity contribution in [3.8, 4) is 5.75 Å². The van der Waals surface area contributed by atoms with Gasteiger partial charge in [0.25, 0.3) is 0 Å². The Kier molecular flexibility index (Phi) is 2.93. The summed E-state index contributed by atoms with van der Waals surface area (Å²) in [7, 11) is 0. The van der Waals surface area contributed by atoms with Gasteiger partial charge in [-0.1, -0.05) is 11.8 Å². The van der Waals surface area contributed by atoms with Crippen molar-refractivity contribution in [2.45, 2.75) is 5.75 Å². The molecule has 12 heavy (non-hydrogen) atoms. The average molecular weight is 183 g/mol. The van der Waals surface area contributed by atoms with E-state index in [9.17, 15) is 5.11 Å². The number of nitrogens with one attached hydrogen (secondary N) is 1. The van der Waals surface area contributed by atoms with Gasteiger partial charge in [-0.15, -0.1) is 0 Å². The van der Waals surface area contributed by atoms with Gasteiger partial charge >= 0.3 is 0 Å². The van der Waals surface area contributed by atoms with Crippen molar-refractivity contribution < 1.29 is 5.11 Å². The second kappa shape index (κ2) is 3.96. The van der Waals surface area contributed by atoms with Crippen LogP contribution < -0.4 is 5.73 Å². The van der Waals surface area contributed by atoms with Crippen molar-refractivity contribution in [2.75, 3.05) is 0 Å². The van der Waals surface area contributed by atoms with Gasteiger partial charge in [0.2, 0.25) is 0 Å². The Bertz CT molecular complexity index is 290. The number of rotatable bonds is 2. The summed E-state index contributed by atoms with van der Waals surface area (Å²) in [5.41, 5.74) is 5.68. The molecule has 0 aliphatic rings. The standard InChI is InChI=1S/C7H9N3OS/c8-7(9)12-4-5-6(11)2-1-3-10-5/h1-3,11H,4H2,(H3,8,9). The Morgan fingerprint density at radius 2 is 2.50 bits per heavy atom. The van der Waals surface area contributed by atoms with Crippen molar-refractivity contribution in [1.82, 2.24) is 4.98 Å². The van der Waals surface area contributed by atoms with Crippen molar-refractivity contribution in [1.29, 1.82) is 5.41 Å². The van der Waals surface area contributed by atoms with Crippen LogP contribution in [0.15, 0.2) is 18.3 Å². The highest BCUT2D eigenvalue weighted by molar-refractivity contribution is 8.13. The first kappa shape index (κ1) is 8.86. The lowest BCUT2D eigenvalue weighted by atomic mass is 10.3. The zero-order chi connectivity index (χ0) is 8.97. The zero-order valence-corrected chi connectivity index (χ0v) is 7.14. The molecule has 1 rings (SSSR count). The van der Waals surface area contributed by atoms with Gasteiger partial charge in [-0.25, -0.2) is 0 Å². The van der Waals surface area contributed by atoms with E-state index in [1.807, 2.05) is 0 Å². The highest BCUT2D eigenvalue weighted by atomic mass is 32.2. The van der Waals surface area contributed by atoms with E-state index >= 15 is 0 Å². The summed E-state index contributed by atoms with van der Waals surface area (Å²) in [4.78, 5) is 3.93. The third-order valence-electron chi connectivity index (χ3n) is 1.23. The first-order chi connectivity index (χ1) is 5.70. The lowest BCUT2D eigenvalue weighted by Gasteiger charge is -2.00. The molecule has 0 atom stereocenters. The molecule has 0 fully saturated rings. The number of aromatic nitrogens is 1. The fourth-order valence-electron chi connectivity index (χ4n) is 0.687. The first-order valence-corrected chi connectivity index (χ1v) is 4.28. The van der Waals surface area contributed by atoms with E-state index in [2.05, 4.69) is 4.98 Å². The lowest BCUT2D eigenvalue weighted by molar-refractivity contribution is 0.467. The molecule has 0 aliphatic heterocycles. The average Bonchev–Trinajstić information content (AvgIpc) is 2.03. The molecule has 64 valence electrons. The highest BCUT2D eigenvalue weighted by Gasteiger charge is 2.01. The number of amidine groups is 1. The minimum Gasteiger partial charge on any atom is -0.506 e. The summed E-state index contributed by atoms with van der Waals surface area (Å²) in [6, 6.07) is 3.21. The van der Waals surface area contributed by atoms with E-state index in [-0.39, 0.29) is 10.9 Å². The van der Waals surface area contributed by atoms with Crippen LogP contribution in [0.5, 0.6) is 5.75 Å². The molecule has 1 aromatic heterocycles. The summed E-state index contributed by atoms with van der Waals surface area (Å²) in [5, 5.41) is 16.2. The Balaban J connectivity index is 2.63. The maximum absolute atomic E-state index is 9.24. The van der Waals surface area contributed by atoms with Crippen LogP contribution >= 0.6 is 11.8 Å². The second-order valence-electron chi connectivity index (χ2n) is 2.12. The lowest BCUT2D eigenvalue weighted by Crippen LogP contribution is -2.04. The monoisotopic (exact) mass is 183 g/mol. The summed E-state index contributed by atoms with van der Waals surface area (Å²) in [5.74, 6) is 0.577. The molecule has 0 spiro atoms. The zero-order valence-electron chi connectivity index (χ0n) is 6.32. The number of hydrogen-bond donors (Lipinski definition) is 3. The van der Waals surface area contributed by atoms with Crippen molar-refractivity contribution in [3.05, 3.63) is 24.0 Å². The molecule has 0 radical (unpaired) electrons. The number of aromatic hydroxyl groups is 1. The van der Waals surface area contributed by atoms with E-state index in [0.717, 1.165) is 11.8 Å². The van der Waals surface area contributed by atoms with Gasteiger partial charge < -0.3 is 10.8 Å². The predicted molar refractivity (Wildman–Crippen MR) is 49.1 cm³/mol. The third kappa shape index (κ3) is 2.43. The quantitative estimate of drug-likeness (QED) is 0.470. The minimum atomic E-state index is 0.0278. The van der Waals surface area contributed by atoms with E-state index < -0.39 is 0 Å². The third-order valence-corrected chi connectivity index (χ3v) is 1.96. The fourth-order valence-corrected chi connectivity index (χ4v) is 1.20. The molecule has 4 N–H and O–H groups in total. The maximum atomic E-state index is 9.24. The molecule has 1 aromatic rings. The van der Waals surface area contributed by atoms with Crippen molar-refractivity contribution in [3.63, 3.8) is 0 Å². The van der Waals surface area contributed by atoms with Gasteiger partial charge in [-0.05, 0) is 12.1 Å². The smallest absolute Gasteiger partial charge is 0.151 e. The summed E-state index contributed by atoms with van der Waals surface area (Å²) < 4.78 is 0. The SMILES string of the molecule is N=C(N)SCc1ncccc1O. The molecular weight excluding hydrogens is 174 g/mol. The Hall–Kier alpha value is -1.23.